The number of benzene rings is 3. The molecule has 0 spiro atoms. The molecule has 0 aliphatic carbocycles. The first-order valence-electron chi connectivity index (χ1n) is 10.3. The van der Waals surface area contributed by atoms with E-state index in [1.807, 2.05) is 105 Å². The largest absolute Gasteiger partial charge is 0.343 e. The maximum absolute atomic E-state index is 13.3. The Morgan fingerprint density at radius 1 is 0.742 bits per heavy atom. The van der Waals surface area contributed by atoms with Crippen molar-refractivity contribution in [3.8, 4) is 0 Å². The highest BCUT2D eigenvalue weighted by Crippen LogP contribution is 2.25. The van der Waals surface area contributed by atoms with Gasteiger partial charge in [0.2, 0.25) is 5.91 Å². The number of rotatable bonds is 8. The van der Waals surface area contributed by atoms with Crippen LogP contribution in [-0.2, 0) is 9.59 Å². The smallest absolute Gasteiger partial charge is 0.262 e. The highest BCUT2D eigenvalue weighted by atomic mass is 16.2. The first-order valence-corrected chi connectivity index (χ1v) is 10.3. The van der Waals surface area contributed by atoms with Gasteiger partial charge in [0, 0.05) is 0 Å². The van der Waals surface area contributed by atoms with E-state index in [9.17, 15) is 9.59 Å². The molecule has 3 rings (SSSR count). The van der Waals surface area contributed by atoms with Gasteiger partial charge in [-0.1, -0.05) is 105 Å². The SMILES string of the molecule is CC(C)[C@H](NC(=O)C(c1ccccc1)c1ccccc1)C(=O)N/N=C\c1ccccc1. The second-order valence-corrected chi connectivity index (χ2v) is 7.63. The van der Waals surface area contributed by atoms with Gasteiger partial charge in [-0.15, -0.1) is 0 Å². The summed E-state index contributed by atoms with van der Waals surface area (Å²) in [5.74, 6) is -1.19. The van der Waals surface area contributed by atoms with Crippen LogP contribution in [0.3, 0.4) is 0 Å². The number of nitrogens with zero attached hydrogens (tertiary/aromatic N) is 1. The first-order chi connectivity index (χ1) is 15.1. The maximum Gasteiger partial charge on any atom is 0.262 e. The van der Waals surface area contributed by atoms with E-state index in [0.29, 0.717) is 0 Å². The number of carbonyl (C=O) groups is 2. The van der Waals surface area contributed by atoms with Crippen LogP contribution >= 0.6 is 0 Å². The van der Waals surface area contributed by atoms with Crippen LogP contribution in [0.5, 0.6) is 0 Å². The number of carbonyl (C=O) groups excluding carboxylic acids is 2. The highest BCUT2D eigenvalue weighted by molar-refractivity contribution is 5.93. The van der Waals surface area contributed by atoms with Crippen LogP contribution in [0.2, 0.25) is 0 Å². The van der Waals surface area contributed by atoms with E-state index >= 15 is 0 Å². The molecule has 0 unspecified atom stereocenters. The van der Waals surface area contributed by atoms with Gasteiger partial charge < -0.3 is 5.32 Å². The van der Waals surface area contributed by atoms with E-state index in [1.165, 1.54) is 0 Å². The molecule has 3 aromatic rings. The van der Waals surface area contributed by atoms with Crippen molar-refractivity contribution < 1.29 is 9.59 Å². The van der Waals surface area contributed by atoms with Crippen molar-refractivity contribution in [2.45, 2.75) is 25.8 Å². The molecule has 3 aromatic carbocycles. The van der Waals surface area contributed by atoms with E-state index < -0.39 is 12.0 Å². The molecule has 158 valence electrons. The first kappa shape index (κ1) is 22.0. The molecule has 0 aliphatic rings. The van der Waals surface area contributed by atoms with Crippen molar-refractivity contribution in [1.29, 1.82) is 0 Å². The number of hydrogen-bond donors (Lipinski definition) is 2. The zero-order chi connectivity index (χ0) is 22.1. The quantitative estimate of drug-likeness (QED) is 0.431. The fraction of sp³-hybridized carbons (Fsp3) is 0.192. The number of hydrazone groups is 1. The van der Waals surface area contributed by atoms with Crippen LogP contribution in [0.1, 0.15) is 36.5 Å². The molecule has 0 radical (unpaired) electrons. The second kappa shape index (κ2) is 10.9. The third-order valence-electron chi connectivity index (χ3n) is 4.96. The zero-order valence-electron chi connectivity index (χ0n) is 17.7. The lowest BCUT2D eigenvalue weighted by atomic mass is 9.89. The van der Waals surface area contributed by atoms with Crippen molar-refractivity contribution >= 4 is 18.0 Å². The molecule has 0 bridgehead atoms. The van der Waals surface area contributed by atoms with Gasteiger partial charge in [0.05, 0.1) is 12.1 Å². The Kier molecular flexibility index (Phi) is 7.71. The van der Waals surface area contributed by atoms with E-state index in [4.69, 9.17) is 0 Å². The summed E-state index contributed by atoms with van der Waals surface area (Å²) in [5.41, 5.74) is 5.17. The van der Waals surface area contributed by atoms with Crippen LogP contribution in [-0.4, -0.2) is 24.1 Å². The van der Waals surface area contributed by atoms with Gasteiger partial charge in [-0.3, -0.25) is 9.59 Å². The zero-order valence-corrected chi connectivity index (χ0v) is 17.7. The summed E-state index contributed by atoms with van der Waals surface area (Å²) in [6.07, 6.45) is 1.58. The third kappa shape index (κ3) is 6.12. The normalized spacial score (nSPS) is 12.1. The molecule has 2 amide bonds. The molecule has 2 N–H and O–H groups in total. The van der Waals surface area contributed by atoms with Crippen molar-refractivity contribution in [3.63, 3.8) is 0 Å². The molecule has 31 heavy (non-hydrogen) atoms. The number of nitrogens with one attached hydrogen (secondary N) is 2. The van der Waals surface area contributed by atoms with Crippen LogP contribution in [0.4, 0.5) is 0 Å². The minimum absolute atomic E-state index is 0.108. The Labute approximate surface area is 183 Å². The summed E-state index contributed by atoms with van der Waals surface area (Å²) in [7, 11) is 0. The Balaban J connectivity index is 1.76. The van der Waals surface area contributed by atoms with Crippen molar-refractivity contribution in [2.75, 3.05) is 0 Å². The molecular formula is C26H27N3O2. The molecule has 5 nitrogen and oxygen atoms in total. The van der Waals surface area contributed by atoms with Gasteiger partial charge in [0.15, 0.2) is 0 Å². The van der Waals surface area contributed by atoms with Gasteiger partial charge in [-0.25, -0.2) is 5.43 Å². The summed E-state index contributed by atoms with van der Waals surface area (Å²) >= 11 is 0. The lowest BCUT2D eigenvalue weighted by Gasteiger charge is -2.24. The topological polar surface area (TPSA) is 70.6 Å². The summed E-state index contributed by atoms with van der Waals surface area (Å²) in [5, 5.41) is 6.97. The average molecular weight is 414 g/mol. The van der Waals surface area contributed by atoms with Gasteiger partial charge in [0.25, 0.3) is 5.91 Å². The molecule has 0 aromatic heterocycles. The summed E-state index contributed by atoms with van der Waals surface area (Å²) < 4.78 is 0. The minimum atomic E-state index is -0.713. The molecule has 5 heteroatoms. The lowest BCUT2D eigenvalue weighted by Crippen LogP contribution is -2.50. The molecule has 0 saturated heterocycles. The Morgan fingerprint density at radius 2 is 1.23 bits per heavy atom. The Bertz CT molecular complexity index is 963. The fourth-order valence-electron chi connectivity index (χ4n) is 3.34. The van der Waals surface area contributed by atoms with Gasteiger partial charge in [0.1, 0.15) is 6.04 Å². The van der Waals surface area contributed by atoms with Gasteiger partial charge >= 0.3 is 0 Å². The van der Waals surface area contributed by atoms with Crippen molar-refractivity contribution in [3.05, 3.63) is 108 Å². The fourth-order valence-corrected chi connectivity index (χ4v) is 3.34. The second-order valence-electron chi connectivity index (χ2n) is 7.63. The molecule has 0 heterocycles. The highest BCUT2D eigenvalue weighted by Gasteiger charge is 2.29. The summed E-state index contributed by atoms with van der Waals surface area (Å²) in [4.78, 5) is 26.1. The lowest BCUT2D eigenvalue weighted by molar-refractivity contribution is -0.130. The molecule has 0 saturated carbocycles. The molecular weight excluding hydrogens is 386 g/mol. The van der Waals surface area contributed by atoms with Crippen LogP contribution in [0.25, 0.3) is 0 Å². The predicted molar refractivity (Wildman–Crippen MR) is 124 cm³/mol. The van der Waals surface area contributed by atoms with Crippen LogP contribution in [0, 0.1) is 5.92 Å². The number of amides is 2. The summed E-state index contributed by atoms with van der Waals surface area (Å²) in [6, 6.07) is 27.9. The summed E-state index contributed by atoms with van der Waals surface area (Å²) in [6.45, 7) is 3.79. The van der Waals surface area contributed by atoms with E-state index in [0.717, 1.165) is 16.7 Å². The number of hydrogen-bond acceptors (Lipinski definition) is 3. The molecule has 0 aliphatic heterocycles. The standard InChI is InChI=1S/C26H27N3O2/c1-19(2)24(26(31)29-27-18-20-12-6-3-7-13-20)28-25(30)23(21-14-8-4-9-15-21)22-16-10-5-11-17-22/h3-19,23-24H,1-2H3,(H,28,30)(H,29,31)/b27-18-/t24-/m0/s1. The van der Waals surface area contributed by atoms with Gasteiger partial charge in [-0.05, 0) is 22.6 Å². The minimum Gasteiger partial charge on any atom is -0.343 e. The predicted octanol–water partition coefficient (Wildman–Crippen LogP) is 4.11. The van der Waals surface area contributed by atoms with Crippen LogP contribution < -0.4 is 10.7 Å². The van der Waals surface area contributed by atoms with Crippen molar-refractivity contribution in [2.24, 2.45) is 11.0 Å². The van der Waals surface area contributed by atoms with Gasteiger partial charge in [-0.2, -0.15) is 5.10 Å². The van der Waals surface area contributed by atoms with Crippen molar-refractivity contribution in [1.82, 2.24) is 10.7 Å². The maximum atomic E-state index is 13.3. The van der Waals surface area contributed by atoms with E-state index in [1.54, 1.807) is 6.21 Å². The van der Waals surface area contributed by atoms with Crippen LogP contribution in [0.15, 0.2) is 96.1 Å². The van der Waals surface area contributed by atoms with E-state index in [-0.39, 0.29) is 17.7 Å². The molecule has 0 fully saturated rings. The Hall–Kier alpha value is -3.73. The molecule has 1 atom stereocenters. The monoisotopic (exact) mass is 413 g/mol. The average Bonchev–Trinajstić information content (AvgIpc) is 2.79. The Morgan fingerprint density at radius 3 is 1.71 bits per heavy atom. The third-order valence-corrected chi connectivity index (χ3v) is 4.96. The van der Waals surface area contributed by atoms with E-state index in [2.05, 4.69) is 15.8 Å².